The number of rotatable bonds is 6. The van der Waals surface area contributed by atoms with Gasteiger partial charge >= 0.3 is 5.97 Å². The van der Waals surface area contributed by atoms with Gasteiger partial charge in [-0.2, -0.15) is 0 Å². The summed E-state index contributed by atoms with van der Waals surface area (Å²) < 4.78 is 6.51. The van der Waals surface area contributed by atoms with E-state index in [-0.39, 0.29) is 6.42 Å². The summed E-state index contributed by atoms with van der Waals surface area (Å²) in [5.41, 5.74) is 8.01. The molecule has 2 rings (SSSR count). The molecule has 0 aliphatic rings. The molecule has 0 unspecified atom stereocenters. The van der Waals surface area contributed by atoms with Crippen LogP contribution in [0.4, 0.5) is 5.69 Å². The van der Waals surface area contributed by atoms with Crippen LogP contribution >= 0.6 is 27.5 Å². The van der Waals surface area contributed by atoms with Crippen LogP contribution in [0.5, 0.6) is 5.75 Å². The Bertz CT molecular complexity index is 691. The van der Waals surface area contributed by atoms with E-state index in [1.807, 2.05) is 30.3 Å². The van der Waals surface area contributed by atoms with Gasteiger partial charge in [-0.15, -0.1) is 0 Å². The molecular weight excluding hydrogens is 370 g/mol. The molecular formula is C16H15BrClNO3. The summed E-state index contributed by atoms with van der Waals surface area (Å²) in [6.07, 6.45) is 0.584. The predicted octanol–water partition coefficient (Wildman–Crippen LogP) is 4.28. The van der Waals surface area contributed by atoms with Gasteiger partial charge in [-0.1, -0.05) is 29.8 Å². The quantitative estimate of drug-likeness (QED) is 0.729. The minimum Gasteiger partial charge on any atom is -0.488 e. The Morgan fingerprint density at radius 2 is 2.09 bits per heavy atom. The van der Waals surface area contributed by atoms with E-state index in [4.69, 9.17) is 27.2 Å². The van der Waals surface area contributed by atoms with Crippen LogP contribution in [0.2, 0.25) is 5.02 Å². The second kappa shape index (κ2) is 7.51. The summed E-state index contributed by atoms with van der Waals surface area (Å²) in [7, 11) is 0. The number of anilines is 1. The number of hydrogen-bond donors (Lipinski definition) is 2. The SMILES string of the molecule is Nc1cccc(COc2ccc(CCC(=O)O)cc2Br)c1Cl. The molecule has 0 aromatic heterocycles. The van der Waals surface area contributed by atoms with Gasteiger partial charge in [-0.25, -0.2) is 0 Å². The third kappa shape index (κ3) is 4.39. The lowest BCUT2D eigenvalue weighted by Gasteiger charge is -2.11. The fraction of sp³-hybridized carbons (Fsp3) is 0.188. The summed E-state index contributed by atoms with van der Waals surface area (Å²) in [5, 5.41) is 9.20. The molecule has 0 atom stereocenters. The highest BCUT2D eigenvalue weighted by Crippen LogP contribution is 2.29. The Labute approximate surface area is 142 Å². The number of aliphatic carboxylic acids is 1. The third-order valence-corrected chi connectivity index (χ3v) is 4.20. The molecule has 0 bridgehead atoms. The highest BCUT2D eigenvalue weighted by atomic mass is 79.9. The lowest BCUT2D eigenvalue weighted by Crippen LogP contribution is -2.00. The average Bonchev–Trinajstić information content (AvgIpc) is 2.48. The number of carboxylic acid groups (broad SMARTS) is 1. The number of nitrogens with two attached hydrogens (primary N) is 1. The van der Waals surface area contributed by atoms with Crippen LogP contribution in [-0.2, 0) is 17.8 Å². The maximum absolute atomic E-state index is 10.6. The summed E-state index contributed by atoms with van der Waals surface area (Å²) in [5.74, 6) is -0.148. The molecule has 0 saturated heterocycles. The topological polar surface area (TPSA) is 72.5 Å². The Morgan fingerprint density at radius 3 is 2.77 bits per heavy atom. The Kier molecular flexibility index (Phi) is 5.69. The van der Waals surface area contributed by atoms with Crippen LogP contribution in [-0.4, -0.2) is 11.1 Å². The van der Waals surface area contributed by atoms with Crippen LogP contribution in [0.1, 0.15) is 17.5 Å². The number of halogens is 2. The molecule has 2 aromatic carbocycles. The van der Waals surface area contributed by atoms with E-state index >= 15 is 0 Å². The first-order valence-electron chi connectivity index (χ1n) is 6.63. The van der Waals surface area contributed by atoms with Gasteiger partial charge in [0.1, 0.15) is 12.4 Å². The van der Waals surface area contributed by atoms with Crippen molar-refractivity contribution in [2.75, 3.05) is 5.73 Å². The molecule has 0 spiro atoms. The van der Waals surface area contributed by atoms with Gasteiger partial charge in [0.15, 0.2) is 0 Å². The molecule has 0 aliphatic carbocycles. The Hall–Kier alpha value is -1.72. The van der Waals surface area contributed by atoms with Crippen molar-refractivity contribution in [3.8, 4) is 5.75 Å². The number of nitrogen functional groups attached to an aromatic ring is 1. The second-order valence-electron chi connectivity index (χ2n) is 4.77. The first-order valence-corrected chi connectivity index (χ1v) is 7.80. The van der Waals surface area contributed by atoms with E-state index in [0.717, 1.165) is 15.6 Å². The van der Waals surface area contributed by atoms with Gasteiger partial charge in [-0.05, 0) is 46.1 Å². The van der Waals surface area contributed by atoms with Gasteiger partial charge in [-0.3, -0.25) is 4.79 Å². The van der Waals surface area contributed by atoms with Gasteiger partial charge in [0.2, 0.25) is 0 Å². The molecule has 0 saturated carbocycles. The first-order chi connectivity index (χ1) is 10.5. The molecule has 0 amide bonds. The fourth-order valence-corrected chi connectivity index (χ4v) is 2.66. The number of carbonyl (C=O) groups is 1. The van der Waals surface area contributed by atoms with Crippen LogP contribution in [0.3, 0.4) is 0 Å². The average molecular weight is 385 g/mol. The zero-order valence-electron chi connectivity index (χ0n) is 11.7. The van der Waals surface area contributed by atoms with Crippen molar-refractivity contribution >= 4 is 39.2 Å². The second-order valence-corrected chi connectivity index (χ2v) is 6.00. The summed E-state index contributed by atoms with van der Waals surface area (Å²) >= 11 is 9.55. The van der Waals surface area contributed by atoms with Gasteiger partial charge < -0.3 is 15.6 Å². The summed E-state index contributed by atoms with van der Waals surface area (Å²) in [4.78, 5) is 10.6. The summed E-state index contributed by atoms with van der Waals surface area (Å²) in [6, 6.07) is 10.9. The van der Waals surface area contributed by atoms with Crippen molar-refractivity contribution in [2.24, 2.45) is 0 Å². The minimum atomic E-state index is -0.812. The monoisotopic (exact) mass is 383 g/mol. The fourth-order valence-electron chi connectivity index (χ4n) is 1.93. The van der Waals surface area contributed by atoms with Crippen LogP contribution < -0.4 is 10.5 Å². The first kappa shape index (κ1) is 16.6. The molecule has 22 heavy (non-hydrogen) atoms. The van der Waals surface area contributed by atoms with Gasteiger partial charge in [0.25, 0.3) is 0 Å². The lowest BCUT2D eigenvalue weighted by atomic mass is 10.1. The number of carboxylic acids is 1. The van der Waals surface area contributed by atoms with Crippen molar-refractivity contribution in [1.29, 1.82) is 0 Å². The standard InChI is InChI=1S/C16H15BrClNO3/c17-12-8-10(5-7-15(20)21)4-6-14(12)22-9-11-2-1-3-13(19)16(11)18/h1-4,6,8H,5,7,9,19H2,(H,20,21). The molecule has 116 valence electrons. The Morgan fingerprint density at radius 1 is 1.32 bits per heavy atom. The third-order valence-electron chi connectivity index (χ3n) is 3.12. The summed E-state index contributed by atoms with van der Waals surface area (Å²) in [6.45, 7) is 0.303. The predicted molar refractivity (Wildman–Crippen MR) is 90.3 cm³/mol. The highest BCUT2D eigenvalue weighted by Gasteiger charge is 2.08. The van der Waals surface area contributed by atoms with Crippen LogP contribution in [0, 0.1) is 0 Å². The number of hydrogen-bond acceptors (Lipinski definition) is 3. The van der Waals surface area contributed by atoms with E-state index in [2.05, 4.69) is 15.9 Å². The normalized spacial score (nSPS) is 10.5. The number of ether oxygens (including phenoxy) is 1. The molecule has 0 fully saturated rings. The van der Waals surface area contributed by atoms with Crippen LogP contribution in [0.15, 0.2) is 40.9 Å². The highest BCUT2D eigenvalue weighted by molar-refractivity contribution is 9.10. The van der Waals surface area contributed by atoms with E-state index in [9.17, 15) is 4.79 Å². The molecule has 4 nitrogen and oxygen atoms in total. The number of benzene rings is 2. The lowest BCUT2D eigenvalue weighted by molar-refractivity contribution is -0.136. The maximum atomic E-state index is 10.6. The largest absolute Gasteiger partial charge is 0.488 e. The smallest absolute Gasteiger partial charge is 0.303 e. The van der Waals surface area contributed by atoms with E-state index in [1.165, 1.54) is 0 Å². The zero-order chi connectivity index (χ0) is 16.1. The minimum absolute atomic E-state index is 0.103. The molecule has 2 aromatic rings. The van der Waals surface area contributed by atoms with Crippen molar-refractivity contribution in [3.05, 3.63) is 57.0 Å². The van der Waals surface area contributed by atoms with Gasteiger partial charge in [0.05, 0.1) is 15.2 Å². The zero-order valence-corrected chi connectivity index (χ0v) is 14.0. The molecule has 0 heterocycles. The Balaban J connectivity index is 2.04. The van der Waals surface area contributed by atoms with Crippen LogP contribution in [0.25, 0.3) is 0 Å². The van der Waals surface area contributed by atoms with Crippen molar-refractivity contribution in [2.45, 2.75) is 19.4 Å². The maximum Gasteiger partial charge on any atom is 0.303 e. The van der Waals surface area contributed by atoms with Crippen molar-refractivity contribution < 1.29 is 14.6 Å². The van der Waals surface area contributed by atoms with Gasteiger partial charge in [0, 0.05) is 12.0 Å². The molecule has 3 N–H and O–H groups in total. The van der Waals surface area contributed by atoms with E-state index in [0.29, 0.717) is 29.5 Å². The molecule has 0 aliphatic heterocycles. The molecule has 0 radical (unpaired) electrons. The van der Waals surface area contributed by atoms with E-state index < -0.39 is 5.97 Å². The van der Waals surface area contributed by atoms with Crippen molar-refractivity contribution in [1.82, 2.24) is 0 Å². The van der Waals surface area contributed by atoms with E-state index in [1.54, 1.807) is 6.07 Å². The van der Waals surface area contributed by atoms with Crippen molar-refractivity contribution in [3.63, 3.8) is 0 Å². The number of aryl methyl sites for hydroxylation is 1. The molecule has 6 heteroatoms.